The molecule has 0 aliphatic heterocycles. The average Bonchev–Trinajstić information content (AvgIpc) is 2.58. The molecular weight excluding hydrogens is 286 g/mol. The largest absolute Gasteiger partial charge is 0.426 e. The standard InChI is InChI=1S/C20H27NO2/c1-3-5-16-6-8-18(9-7-16)23-19(22)17-10-13-20(15-21,12-4-2)14-11-17/h6-9,17H,3-5,10-14H2,1-2H3/t17-,20+. The van der Waals surface area contributed by atoms with Gasteiger partial charge in [0.25, 0.3) is 0 Å². The van der Waals surface area contributed by atoms with Crippen LogP contribution >= 0.6 is 0 Å². The summed E-state index contributed by atoms with van der Waals surface area (Å²) < 4.78 is 5.53. The number of ether oxygens (including phenoxy) is 1. The second-order valence-corrected chi connectivity index (χ2v) is 6.73. The SMILES string of the molecule is CCCc1ccc(OC(=O)[C@H]2CC[C@](C#N)(CCC)CC2)cc1. The number of aryl methyl sites for hydroxylation is 1. The molecule has 0 spiro atoms. The lowest BCUT2D eigenvalue weighted by Gasteiger charge is -2.33. The van der Waals surface area contributed by atoms with Crippen molar-refractivity contribution in [2.75, 3.05) is 0 Å². The molecule has 3 nitrogen and oxygen atoms in total. The first-order valence-electron chi connectivity index (χ1n) is 8.84. The topological polar surface area (TPSA) is 50.1 Å². The van der Waals surface area contributed by atoms with Gasteiger partial charge in [-0.25, -0.2) is 0 Å². The van der Waals surface area contributed by atoms with E-state index in [-0.39, 0.29) is 17.3 Å². The lowest BCUT2D eigenvalue weighted by atomic mass is 9.69. The zero-order valence-corrected chi connectivity index (χ0v) is 14.3. The first kappa shape index (κ1) is 17.5. The van der Waals surface area contributed by atoms with E-state index >= 15 is 0 Å². The third-order valence-corrected chi connectivity index (χ3v) is 4.92. The fraction of sp³-hybridized carbons (Fsp3) is 0.600. The Morgan fingerprint density at radius 1 is 1.22 bits per heavy atom. The number of rotatable bonds is 6. The molecule has 1 aliphatic rings. The predicted molar refractivity (Wildman–Crippen MR) is 91.0 cm³/mol. The van der Waals surface area contributed by atoms with E-state index in [9.17, 15) is 10.1 Å². The van der Waals surface area contributed by atoms with E-state index in [4.69, 9.17) is 4.74 Å². The number of carbonyl (C=O) groups is 1. The van der Waals surface area contributed by atoms with Gasteiger partial charge in [0, 0.05) is 0 Å². The maximum absolute atomic E-state index is 12.3. The number of benzene rings is 1. The van der Waals surface area contributed by atoms with Crippen LogP contribution in [0, 0.1) is 22.7 Å². The van der Waals surface area contributed by atoms with E-state index in [1.807, 2.05) is 24.3 Å². The molecule has 1 aliphatic carbocycles. The molecule has 0 unspecified atom stereocenters. The highest BCUT2D eigenvalue weighted by Crippen LogP contribution is 2.42. The van der Waals surface area contributed by atoms with Gasteiger partial charge in [-0.1, -0.05) is 38.8 Å². The monoisotopic (exact) mass is 313 g/mol. The number of esters is 1. The molecule has 1 saturated carbocycles. The summed E-state index contributed by atoms with van der Waals surface area (Å²) in [7, 11) is 0. The molecule has 1 fully saturated rings. The van der Waals surface area contributed by atoms with Crippen molar-refractivity contribution in [3.05, 3.63) is 29.8 Å². The Labute approximate surface area is 139 Å². The molecule has 3 heteroatoms. The number of nitriles is 1. The lowest BCUT2D eigenvalue weighted by molar-refractivity contribution is -0.140. The van der Waals surface area contributed by atoms with Crippen molar-refractivity contribution in [1.29, 1.82) is 5.26 Å². The van der Waals surface area contributed by atoms with Crippen molar-refractivity contribution in [2.24, 2.45) is 11.3 Å². The molecule has 0 amide bonds. The highest BCUT2D eigenvalue weighted by atomic mass is 16.5. The van der Waals surface area contributed by atoms with Gasteiger partial charge in [0.2, 0.25) is 0 Å². The number of hydrogen-bond donors (Lipinski definition) is 0. The molecule has 0 radical (unpaired) electrons. The van der Waals surface area contributed by atoms with Gasteiger partial charge in [0.1, 0.15) is 5.75 Å². The van der Waals surface area contributed by atoms with Crippen molar-refractivity contribution < 1.29 is 9.53 Å². The van der Waals surface area contributed by atoms with Gasteiger partial charge in [-0.2, -0.15) is 5.26 Å². The van der Waals surface area contributed by atoms with Crippen LogP contribution in [-0.2, 0) is 11.2 Å². The Kier molecular flexibility index (Phi) is 6.21. The van der Waals surface area contributed by atoms with Gasteiger partial charge >= 0.3 is 5.97 Å². The highest BCUT2D eigenvalue weighted by Gasteiger charge is 2.37. The zero-order chi connectivity index (χ0) is 16.7. The van der Waals surface area contributed by atoms with Crippen molar-refractivity contribution in [2.45, 2.75) is 65.2 Å². The molecule has 0 saturated heterocycles. The zero-order valence-electron chi connectivity index (χ0n) is 14.3. The summed E-state index contributed by atoms with van der Waals surface area (Å²) in [4.78, 5) is 12.3. The minimum absolute atomic E-state index is 0.0661. The van der Waals surface area contributed by atoms with E-state index in [1.165, 1.54) is 5.56 Å². The lowest BCUT2D eigenvalue weighted by Crippen LogP contribution is -2.31. The van der Waals surface area contributed by atoms with Crippen LogP contribution in [0.15, 0.2) is 24.3 Å². The van der Waals surface area contributed by atoms with Gasteiger partial charge in [0.15, 0.2) is 0 Å². The highest BCUT2D eigenvalue weighted by molar-refractivity contribution is 5.75. The normalized spacial score (nSPS) is 24.0. The number of hydrogen-bond acceptors (Lipinski definition) is 3. The summed E-state index contributed by atoms with van der Waals surface area (Å²) in [5.74, 6) is 0.417. The molecular formula is C20H27NO2. The van der Waals surface area contributed by atoms with Crippen LogP contribution in [-0.4, -0.2) is 5.97 Å². The number of carbonyl (C=O) groups excluding carboxylic acids is 1. The molecule has 124 valence electrons. The van der Waals surface area contributed by atoms with Crippen LogP contribution in [0.25, 0.3) is 0 Å². The summed E-state index contributed by atoms with van der Waals surface area (Å²) in [5.41, 5.74) is 1.05. The summed E-state index contributed by atoms with van der Waals surface area (Å²) in [6.07, 6.45) is 7.26. The van der Waals surface area contributed by atoms with Crippen LogP contribution in [0.1, 0.15) is 64.4 Å². The van der Waals surface area contributed by atoms with E-state index in [0.717, 1.165) is 51.4 Å². The fourth-order valence-electron chi connectivity index (χ4n) is 3.51. The summed E-state index contributed by atoms with van der Waals surface area (Å²) >= 11 is 0. The minimum Gasteiger partial charge on any atom is -0.426 e. The van der Waals surface area contributed by atoms with Crippen molar-refractivity contribution in [1.82, 2.24) is 0 Å². The third-order valence-electron chi connectivity index (χ3n) is 4.92. The molecule has 0 aromatic heterocycles. The smallest absolute Gasteiger partial charge is 0.314 e. The van der Waals surface area contributed by atoms with Crippen molar-refractivity contribution in [3.8, 4) is 11.8 Å². The molecule has 23 heavy (non-hydrogen) atoms. The van der Waals surface area contributed by atoms with E-state index < -0.39 is 0 Å². The van der Waals surface area contributed by atoms with Gasteiger partial charge in [-0.15, -0.1) is 0 Å². The van der Waals surface area contributed by atoms with Gasteiger partial charge < -0.3 is 4.74 Å². The van der Waals surface area contributed by atoms with Gasteiger partial charge in [0.05, 0.1) is 17.4 Å². The Bertz CT molecular complexity index is 548. The predicted octanol–water partition coefficient (Wildman–Crippen LogP) is 5.04. The molecule has 0 N–H and O–H groups in total. The van der Waals surface area contributed by atoms with E-state index in [1.54, 1.807) is 0 Å². The van der Waals surface area contributed by atoms with Gasteiger partial charge in [-0.05, 0) is 56.2 Å². The van der Waals surface area contributed by atoms with Crippen LogP contribution in [0.4, 0.5) is 0 Å². The van der Waals surface area contributed by atoms with Crippen molar-refractivity contribution in [3.63, 3.8) is 0 Å². The quantitative estimate of drug-likeness (QED) is 0.546. The molecule has 2 rings (SSSR count). The summed E-state index contributed by atoms with van der Waals surface area (Å²) in [6, 6.07) is 10.3. The first-order valence-corrected chi connectivity index (χ1v) is 8.84. The Morgan fingerprint density at radius 2 is 1.87 bits per heavy atom. The van der Waals surface area contributed by atoms with Gasteiger partial charge in [-0.3, -0.25) is 4.79 Å². The Hall–Kier alpha value is -1.82. The van der Waals surface area contributed by atoms with Crippen molar-refractivity contribution >= 4 is 5.97 Å². The third kappa shape index (κ3) is 4.58. The van der Waals surface area contributed by atoms with Crippen LogP contribution < -0.4 is 4.74 Å². The van der Waals surface area contributed by atoms with E-state index in [0.29, 0.717) is 5.75 Å². The number of nitrogens with zero attached hydrogens (tertiary/aromatic N) is 1. The molecule has 0 heterocycles. The second kappa shape index (κ2) is 8.15. The summed E-state index contributed by atoms with van der Waals surface area (Å²) in [5, 5.41) is 9.44. The maximum atomic E-state index is 12.3. The molecule has 0 bridgehead atoms. The molecule has 1 aromatic rings. The Morgan fingerprint density at radius 3 is 2.39 bits per heavy atom. The Balaban J connectivity index is 1.89. The second-order valence-electron chi connectivity index (χ2n) is 6.73. The maximum Gasteiger partial charge on any atom is 0.314 e. The first-order chi connectivity index (χ1) is 11.1. The fourth-order valence-corrected chi connectivity index (χ4v) is 3.51. The average molecular weight is 313 g/mol. The van der Waals surface area contributed by atoms with Crippen LogP contribution in [0.2, 0.25) is 0 Å². The molecule has 0 atom stereocenters. The summed E-state index contributed by atoms with van der Waals surface area (Å²) in [6.45, 7) is 4.26. The minimum atomic E-state index is -0.215. The van der Waals surface area contributed by atoms with Crippen LogP contribution in [0.3, 0.4) is 0 Å². The molecule has 1 aromatic carbocycles. The van der Waals surface area contributed by atoms with Crippen LogP contribution in [0.5, 0.6) is 5.75 Å². The van der Waals surface area contributed by atoms with E-state index in [2.05, 4.69) is 19.9 Å².